The summed E-state index contributed by atoms with van der Waals surface area (Å²) < 4.78 is 26.0. The molecule has 60 heavy (non-hydrogen) atoms. The highest BCUT2D eigenvalue weighted by molar-refractivity contribution is 9.10. The predicted molar refractivity (Wildman–Crippen MR) is 256 cm³/mol. The topological polar surface area (TPSA) is 149 Å². The number of primary amides is 2. The van der Waals surface area contributed by atoms with Crippen LogP contribution in [-0.4, -0.2) is 69.7 Å². The second-order valence-electron chi connectivity index (χ2n) is 16.6. The monoisotopic (exact) mass is 984 g/mol. The second-order valence-corrected chi connectivity index (χ2v) is 20.7. The number of nitrogens with two attached hydrogens (primary N) is 2. The first-order valence-electron chi connectivity index (χ1n) is 19.7. The Labute approximate surface area is 383 Å². The first-order valence-corrected chi connectivity index (χ1v) is 23.3. The maximum absolute atomic E-state index is 10.7. The van der Waals surface area contributed by atoms with Crippen LogP contribution < -0.4 is 11.5 Å². The van der Waals surface area contributed by atoms with Crippen molar-refractivity contribution in [3.05, 3.63) is 105 Å². The number of pyridine rings is 2. The Morgan fingerprint density at radius 2 is 0.950 bits per heavy atom. The summed E-state index contributed by atoms with van der Waals surface area (Å²) in [5.74, 6) is 0.980. The number of nitrogens with zero attached hydrogens (tertiary/aromatic N) is 2. The van der Waals surface area contributed by atoms with Crippen LogP contribution in [0.1, 0.15) is 90.7 Å². The minimum absolute atomic E-state index is 0.243. The number of thioether (sulfide) groups is 2. The minimum Gasteiger partial charge on any atom is -0.405 e. The minimum atomic E-state index is -0.476. The number of benzene rings is 2. The molecule has 2 aliphatic heterocycles. The van der Waals surface area contributed by atoms with Crippen molar-refractivity contribution in [3.8, 4) is 11.1 Å². The Morgan fingerprint density at radius 3 is 1.32 bits per heavy atom. The van der Waals surface area contributed by atoms with Gasteiger partial charge in [0, 0.05) is 66.9 Å². The first kappa shape index (κ1) is 51.7. The number of carbonyl (C=O) groups excluding carboxylic acids is 2. The van der Waals surface area contributed by atoms with Gasteiger partial charge in [-0.3, -0.25) is 19.6 Å². The summed E-state index contributed by atoms with van der Waals surface area (Å²) in [6, 6.07) is 20.5. The Kier molecular flexibility index (Phi) is 19.5. The number of rotatable bonds is 10. The number of amides is 2. The molecular weight excluding hydrogens is 926 g/mol. The van der Waals surface area contributed by atoms with Crippen molar-refractivity contribution >= 4 is 81.2 Å². The van der Waals surface area contributed by atoms with Gasteiger partial charge in [-0.25, -0.2) is 0 Å². The lowest BCUT2D eigenvalue weighted by molar-refractivity contribution is -0.118. The van der Waals surface area contributed by atoms with Crippen molar-refractivity contribution in [2.45, 2.75) is 128 Å². The molecule has 10 nitrogen and oxygen atoms in total. The maximum atomic E-state index is 10.7. The van der Waals surface area contributed by atoms with Crippen LogP contribution in [0.25, 0.3) is 11.1 Å². The molecule has 4 N–H and O–H groups in total. The van der Waals surface area contributed by atoms with Crippen molar-refractivity contribution in [1.29, 1.82) is 0 Å². The van der Waals surface area contributed by atoms with Crippen LogP contribution in [0, 0.1) is 27.7 Å². The summed E-state index contributed by atoms with van der Waals surface area (Å²) in [5, 5.41) is 0. The van der Waals surface area contributed by atoms with Gasteiger partial charge in [0.2, 0.25) is 11.8 Å². The summed E-state index contributed by atoms with van der Waals surface area (Å²) in [6.07, 6.45) is 4.45. The van der Waals surface area contributed by atoms with Crippen LogP contribution >= 0.6 is 55.4 Å². The quantitative estimate of drug-likeness (QED) is 0.116. The van der Waals surface area contributed by atoms with Gasteiger partial charge in [0.15, 0.2) is 0 Å². The van der Waals surface area contributed by atoms with Gasteiger partial charge in [-0.1, -0.05) is 44.0 Å². The Bertz CT molecular complexity index is 1990. The zero-order chi connectivity index (χ0) is 45.1. The molecule has 0 radical (unpaired) electrons. The van der Waals surface area contributed by atoms with Crippen LogP contribution in [0.15, 0.2) is 91.8 Å². The normalized spacial score (nSPS) is 16.7. The van der Waals surface area contributed by atoms with E-state index in [2.05, 4.69) is 86.0 Å². The van der Waals surface area contributed by atoms with E-state index in [1.54, 1.807) is 29.7 Å². The zero-order valence-corrected chi connectivity index (χ0v) is 41.8. The molecule has 0 unspecified atom stereocenters. The van der Waals surface area contributed by atoms with Crippen LogP contribution in [-0.2, 0) is 28.2 Å². The van der Waals surface area contributed by atoms with E-state index in [1.807, 2.05) is 106 Å². The predicted octanol–water partition coefficient (Wildman–Crippen LogP) is 10.5. The van der Waals surface area contributed by atoms with Crippen molar-refractivity contribution in [2.24, 2.45) is 11.5 Å². The summed E-state index contributed by atoms with van der Waals surface area (Å²) in [4.78, 5) is 31.9. The van der Waals surface area contributed by atoms with Crippen LogP contribution in [0.4, 0.5) is 0 Å². The van der Waals surface area contributed by atoms with Crippen molar-refractivity contribution in [1.82, 2.24) is 9.97 Å². The maximum Gasteiger partial charge on any atom is 0.488 e. The molecule has 2 aromatic heterocycles. The molecular formula is C44H60B2Br2N4O6S2. The zero-order valence-electron chi connectivity index (χ0n) is 37.0. The molecule has 2 aromatic carbocycles. The van der Waals surface area contributed by atoms with Gasteiger partial charge >= 0.3 is 14.0 Å². The highest BCUT2D eigenvalue weighted by atomic mass is 79.9. The van der Waals surface area contributed by atoms with Gasteiger partial charge in [0.1, 0.15) is 0 Å². The molecule has 0 saturated carbocycles. The Balaban J connectivity index is 0.000000223. The molecule has 4 aromatic rings. The summed E-state index contributed by atoms with van der Waals surface area (Å²) in [6.45, 7) is 24.3. The fraction of sp³-hybridized carbons (Fsp3) is 0.455. The van der Waals surface area contributed by atoms with Gasteiger partial charge in [0.25, 0.3) is 0 Å². The van der Waals surface area contributed by atoms with Gasteiger partial charge in [0.05, 0.1) is 22.4 Å². The van der Waals surface area contributed by atoms with E-state index in [1.165, 1.54) is 32.0 Å². The fourth-order valence-corrected chi connectivity index (χ4v) is 8.40. The van der Waals surface area contributed by atoms with Gasteiger partial charge in [-0.15, -0.1) is 23.5 Å². The standard InChI is InChI=1S/C16H18N2OS.C12H24B2O4.C10H12BrNOS.C6H6BrN/c1-11-9-13(14-5-7-18-12(2)10-14)3-4-15(11)20-8-6-16(17)19;1-9(2)10(3,4)16-13(15-9)14-17-11(5,6)12(7,8)18-14;1-7-6-8(11)2-3-9(7)14-5-4-10(12)13;1-5-4-6(7)2-3-8-5/h3-5,7,9-10H,6,8H2,1-2H3,(H2,17,19);1-8H3;2-3,6H,4-5H2,1H3,(H2,12,13);2-4H,1H3. The summed E-state index contributed by atoms with van der Waals surface area (Å²) in [7, 11) is -0.952. The third kappa shape index (κ3) is 15.9. The van der Waals surface area contributed by atoms with Gasteiger partial charge in [-0.05, 0) is 154 Å². The lowest BCUT2D eigenvalue weighted by Crippen LogP contribution is -2.41. The molecule has 0 spiro atoms. The molecule has 324 valence electrons. The number of hydrogen-bond donors (Lipinski definition) is 2. The lowest BCUT2D eigenvalue weighted by atomic mass is 9.49. The third-order valence-corrected chi connectivity index (χ3v) is 13.7. The molecule has 4 heterocycles. The van der Waals surface area contributed by atoms with Crippen LogP contribution in [0.3, 0.4) is 0 Å². The van der Waals surface area contributed by atoms with Crippen molar-refractivity contribution in [3.63, 3.8) is 0 Å². The fourth-order valence-electron chi connectivity index (χ4n) is 5.52. The molecule has 2 saturated heterocycles. The molecule has 2 fully saturated rings. The largest absolute Gasteiger partial charge is 0.488 e. The van der Waals surface area contributed by atoms with E-state index in [-0.39, 0.29) is 34.2 Å². The van der Waals surface area contributed by atoms with Crippen LogP contribution in [0.5, 0.6) is 0 Å². The summed E-state index contributed by atoms with van der Waals surface area (Å²) >= 11 is 10.1. The van der Waals surface area contributed by atoms with Crippen molar-refractivity contribution in [2.75, 3.05) is 11.5 Å². The molecule has 0 bridgehead atoms. The number of halogens is 2. The van der Waals surface area contributed by atoms with E-state index in [0.29, 0.717) is 12.8 Å². The Morgan fingerprint density at radius 1 is 0.567 bits per heavy atom. The van der Waals surface area contributed by atoms with Crippen LogP contribution in [0.2, 0.25) is 0 Å². The van der Waals surface area contributed by atoms with Gasteiger partial charge in [-0.2, -0.15) is 0 Å². The average molecular weight is 987 g/mol. The van der Waals surface area contributed by atoms with E-state index in [0.717, 1.165) is 31.8 Å². The number of aryl methyl sites for hydroxylation is 4. The molecule has 6 rings (SSSR count). The highest BCUT2D eigenvalue weighted by Crippen LogP contribution is 2.43. The van der Waals surface area contributed by atoms with E-state index >= 15 is 0 Å². The van der Waals surface area contributed by atoms with Gasteiger partial charge < -0.3 is 30.1 Å². The third-order valence-electron chi connectivity index (χ3n) is 10.4. The lowest BCUT2D eigenvalue weighted by Gasteiger charge is -2.32. The molecule has 16 heteroatoms. The number of hydrogen-bond acceptors (Lipinski definition) is 10. The molecule has 2 aliphatic rings. The van der Waals surface area contributed by atoms with E-state index in [9.17, 15) is 9.59 Å². The Hall–Kier alpha value is -2.69. The second kappa shape index (κ2) is 22.6. The SMILES string of the molecule is CC1(C)OB(B2OC(C)(C)C(C)(C)O2)OC1(C)C.Cc1cc(-c2ccc(SCCC(N)=O)c(C)c2)ccn1.Cc1cc(Br)ccc1SCCC(N)=O.Cc1cc(Br)ccn1. The molecule has 2 amide bonds. The molecule has 0 atom stereocenters. The smallest absolute Gasteiger partial charge is 0.405 e. The van der Waals surface area contributed by atoms with Crippen molar-refractivity contribution < 1.29 is 28.2 Å². The summed E-state index contributed by atoms with van der Waals surface area (Å²) in [5.41, 5.74) is 15.6. The number of carbonyl (C=O) groups is 2. The first-order chi connectivity index (χ1) is 27.8. The number of aromatic nitrogens is 2. The van der Waals surface area contributed by atoms with E-state index in [4.69, 9.17) is 30.1 Å². The van der Waals surface area contributed by atoms with E-state index < -0.39 is 14.0 Å². The highest BCUT2D eigenvalue weighted by Gasteiger charge is 2.63. The molecule has 0 aliphatic carbocycles. The average Bonchev–Trinajstić information content (AvgIpc) is 3.49.